The molecule has 1 saturated carbocycles. The molecule has 17 heavy (non-hydrogen) atoms. The topological polar surface area (TPSA) is 88.4 Å². The Morgan fingerprint density at radius 3 is 2.71 bits per heavy atom. The van der Waals surface area contributed by atoms with Gasteiger partial charge in [0.15, 0.2) is 6.04 Å². The van der Waals surface area contributed by atoms with Gasteiger partial charge >= 0.3 is 5.97 Å². The maximum atomic E-state index is 10.8. The summed E-state index contributed by atoms with van der Waals surface area (Å²) in [5.74, 6) is -1.13. The number of carboxylic acid groups (broad SMARTS) is 1. The van der Waals surface area contributed by atoms with E-state index in [1.165, 1.54) is 0 Å². The maximum absolute atomic E-state index is 10.8. The summed E-state index contributed by atoms with van der Waals surface area (Å²) in [4.78, 5) is 14.9. The van der Waals surface area contributed by atoms with Crippen molar-refractivity contribution in [1.82, 2.24) is 0 Å². The van der Waals surface area contributed by atoms with Gasteiger partial charge in [0, 0.05) is 19.9 Å². The van der Waals surface area contributed by atoms with Crippen molar-refractivity contribution in [3.8, 4) is 0 Å². The SMILES string of the molecule is COC1CCCC(=N[C@@H](CO)C(=O)O)C1OC. The van der Waals surface area contributed by atoms with Crippen LogP contribution in [0, 0.1) is 0 Å². The van der Waals surface area contributed by atoms with Crippen molar-refractivity contribution in [1.29, 1.82) is 0 Å². The predicted molar refractivity (Wildman–Crippen MR) is 61.4 cm³/mol. The van der Waals surface area contributed by atoms with Crippen molar-refractivity contribution in [3.05, 3.63) is 0 Å². The summed E-state index contributed by atoms with van der Waals surface area (Å²) in [6.07, 6.45) is 2.02. The molecule has 6 nitrogen and oxygen atoms in total. The van der Waals surface area contributed by atoms with E-state index in [9.17, 15) is 4.79 Å². The third-order valence-corrected chi connectivity index (χ3v) is 2.92. The van der Waals surface area contributed by atoms with E-state index in [0.29, 0.717) is 12.1 Å². The van der Waals surface area contributed by atoms with Crippen LogP contribution < -0.4 is 0 Å². The summed E-state index contributed by atoms with van der Waals surface area (Å²) in [5, 5.41) is 17.8. The van der Waals surface area contributed by atoms with Crippen molar-refractivity contribution in [2.75, 3.05) is 20.8 Å². The van der Waals surface area contributed by atoms with Crippen LogP contribution in [0.25, 0.3) is 0 Å². The zero-order valence-electron chi connectivity index (χ0n) is 10.1. The molecule has 1 fully saturated rings. The van der Waals surface area contributed by atoms with Crippen LogP contribution in [-0.4, -0.2) is 61.0 Å². The molecule has 2 unspecified atom stereocenters. The van der Waals surface area contributed by atoms with E-state index in [4.69, 9.17) is 19.7 Å². The molecular formula is C11H19NO5. The largest absolute Gasteiger partial charge is 0.480 e. The molecule has 1 rings (SSSR count). The molecule has 0 radical (unpaired) electrons. The fourth-order valence-corrected chi connectivity index (χ4v) is 2.03. The fourth-order valence-electron chi connectivity index (χ4n) is 2.03. The molecule has 3 atom stereocenters. The van der Waals surface area contributed by atoms with E-state index in [-0.39, 0.29) is 12.2 Å². The molecular weight excluding hydrogens is 226 g/mol. The van der Waals surface area contributed by atoms with Gasteiger partial charge in [0.2, 0.25) is 0 Å². The molecule has 0 aliphatic heterocycles. The molecule has 2 N–H and O–H groups in total. The third-order valence-electron chi connectivity index (χ3n) is 2.92. The maximum Gasteiger partial charge on any atom is 0.330 e. The number of hydrogen-bond acceptors (Lipinski definition) is 5. The van der Waals surface area contributed by atoms with Crippen LogP contribution in [0.15, 0.2) is 4.99 Å². The first-order valence-corrected chi connectivity index (χ1v) is 5.59. The minimum atomic E-state index is -1.13. The van der Waals surface area contributed by atoms with Crippen molar-refractivity contribution in [2.45, 2.75) is 37.5 Å². The number of aliphatic hydroxyl groups is 1. The number of rotatable bonds is 5. The van der Waals surface area contributed by atoms with Crippen molar-refractivity contribution in [3.63, 3.8) is 0 Å². The lowest BCUT2D eigenvalue weighted by molar-refractivity contribution is -0.139. The van der Waals surface area contributed by atoms with Gasteiger partial charge in [0.05, 0.1) is 12.7 Å². The van der Waals surface area contributed by atoms with Crippen LogP contribution in [0.2, 0.25) is 0 Å². The van der Waals surface area contributed by atoms with Gasteiger partial charge in [-0.25, -0.2) is 4.79 Å². The fraction of sp³-hybridized carbons (Fsp3) is 0.818. The number of aliphatic hydroxyl groups excluding tert-OH is 1. The summed E-state index contributed by atoms with van der Waals surface area (Å²) in [6, 6.07) is -1.11. The number of carbonyl (C=O) groups is 1. The van der Waals surface area contributed by atoms with Gasteiger partial charge in [-0.2, -0.15) is 0 Å². The monoisotopic (exact) mass is 245 g/mol. The van der Waals surface area contributed by atoms with Crippen LogP contribution in [0.3, 0.4) is 0 Å². The molecule has 0 spiro atoms. The van der Waals surface area contributed by atoms with Gasteiger partial charge in [-0.15, -0.1) is 0 Å². The molecule has 6 heteroatoms. The second-order valence-corrected chi connectivity index (χ2v) is 3.98. The minimum absolute atomic E-state index is 0.0966. The Balaban J connectivity index is 2.85. The first-order chi connectivity index (χ1) is 8.13. The standard InChI is InChI=1S/C11H19NO5/c1-16-9-5-3-4-7(10(9)17-2)12-8(6-13)11(14)15/h8-10,13H,3-6H2,1-2H3,(H,14,15)/t8-,9?,10?/m0/s1. The molecule has 0 aromatic carbocycles. The minimum Gasteiger partial charge on any atom is -0.480 e. The zero-order valence-corrected chi connectivity index (χ0v) is 10.1. The van der Waals surface area contributed by atoms with Gasteiger partial charge in [-0.3, -0.25) is 4.99 Å². The Morgan fingerprint density at radius 1 is 1.53 bits per heavy atom. The van der Waals surface area contributed by atoms with E-state index < -0.39 is 18.6 Å². The highest BCUT2D eigenvalue weighted by Crippen LogP contribution is 2.22. The number of ether oxygens (including phenoxy) is 2. The van der Waals surface area contributed by atoms with Gasteiger partial charge in [0.25, 0.3) is 0 Å². The number of carboxylic acids is 1. The van der Waals surface area contributed by atoms with Crippen LogP contribution in [0.4, 0.5) is 0 Å². The Labute approximate surface area is 100 Å². The highest BCUT2D eigenvalue weighted by atomic mass is 16.5. The van der Waals surface area contributed by atoms with Crippen LogP contribution in [0.1, 0.15) is 19.3 Å². The van der Waals surface area contributed by atoms with Gasteiger partial charge < -0.3 is 19.7 Å². The first kappa shape index (κ1) is 14.1. The normalized spacial score (nSPS) is 29.2. The van der Waals surface area contributed by atoms with Crippen LogP contribution in [-0.2, 0) is 14.3 Å². The van der Waals surface area contributed by atoms with E-state index in [1.807, 2.05) is 0 Å². The third kappa shape index (κ3) is 3.49. The Hall–Kier alpha value is -0.980. The van der Waals surface area contributed by atoms with Gasteiger partial charge in [-0.05, 0) is 19.3 Å². The van der Waals surface area contributed by atoms with E-state index in [2.05, 4.69) is 4.99 Å². The number of hydrogen-bond donors (Lipinski definition) is 2. The average molecular weight is 245 g/mol. The van der Waals surface area contributed by atoms with Crippen molar-refractivity contribution >= 4 is 11.7 Å². The summed E-state index contributed by atoms with van der Waals surface area (Å²) in [5.41, 5.74) is 0.659. The lowest BCUT2D eigenvalue weighted by Crippen LogP contribution is -2.42. The Morgan fingerprint density at radius 2 is 2.24 bits per heavy atom. The highest BCUT2D eigenvalue weighted by Gasteiger charge is 2.31. The quantitative estimate of drug-likeness (QED) is 0.716. The Kier molecular flexibility index (Phi) is 5.54. The summed E-state index contributed by atoms with van der Waals surface area (Å²) >= 11 is 0. The molecule has 0 saturated heterocycles. The average Bonchev–Trinajstić information content (AvgIpc) is 2.34. The predicted octanol–water partition coefficient (Wildman–Crippen LogP) is 0.0868. The molecule has 0 aromatic rings. The second kappa shape index (κ2) is 6.68. The van der Waals surface area contributed by atoms with Gasteiger partial charge in [-0.1, -0.05) is 0 Å². The highest BCUT2D eigenvalue weighted by molar-refractivity contribution is 5.92. The first-order valence-electron chi connectivity index (χ1n) is 5.59. The van der Waals surface area contributed by atoms with E-state index in [0.717, 1.165) is 12.8 Å². The molecule has 1 aliphatic carbocycles. The molecule has 98 valence electrons. The van der Waals surface area contributed by atoms with Crippen molar-refractivity contribution < 1.29 is 24.5 Å². The lowest BCUT2D eigenvalue weighted by atomic mass is 9.92. The van der Waals surface area contributed by atoms with E-state index in [1.54, 1.807) is 14.2 Å². The lowest BCUT2D eigenvalue weighted by Gasteiger charge is -2.31. The van der Waals surface area contributed by atoms with Crippen LogP contribution in [0.5, 0.6) is 0 Å². The number of methoxy groups -OCH3 is 2. The molecule has 0 bridgehead atoms. The second-order valence-electron chi connectivity index (χ2n) is 3.98. The zero-order chi connectivity index (χ0) is 12.8. The smallest absolute Gasteiger partial charge is 0.330 e. The summed E-state index contributed by atoms with van der Waals surface area (Å²) < 4.78 is 10.6. The van der Waals surface area contributed by atoms with E-state index >= 15 is 0 Å². The summed E-state index contributed by atoms with van der Waals surface area (Å²) in [7, 11) is 3.15. The number of aliphatic carboxylic acids is 1. The molecule has 0 heterocycles. The van der Waals surface area contributed by atoms with Gasteiger partial charge in [0.1, 0.15) is 6.10 Å². The number of nitrogens with zero attached hydrogens (tertiary/aromatic N) is 1. The Bertz CT molecular complexity index is 292. The molecule has 0 aromatic heterocycles. The van der Waals surface area contributed by atoms with Crippen LogP contribution >= 0.6 is 0 Å². The molecule has 0 amide bonds. The number of aliphatic imine (C=N–C) groups is 1. The summed E-state index contributed by atoms with van der Waals surface area (Å²) in [6.45, 7) is -0.507. The molecule has 1 aliphatic rings. The van der Waals surface area contributed by atoms with Crippen molar-refractivity contribution in [2.24, 2.45) is 4.99 Å².